The quantitative estimate of drug-likeness (QED) is 0.663. The lowest BCUT2D eigenvalue weighted by molar-refractivity contribution is -0.116. The number of hydrogen-bond acceptors (Lipinski definition) is 3. The van der Waals surface area contributed by atoms with Gasteiger partial charge >= 0.3 is 0 Å². The van der Waals surface area contributed by atoms with Gasteiger partial charge in [-0.3, -0.25) is 9.10 Å². The van der Waals surface area contributed by atoms with Gasteiger partial charge in [0, 0.05) is 24.7 Å². The number of nitrogens with zero attached hydrogens (tertiary/aromatic N) is 1. The van der Waals surface area contributed by atoms with Crippen LogP contribution in [0.1, 0.15) is 16.7 Å². The van der Waals surface area contributed by atoms with Crippen molar-refractivity contribution in [2.45, 2.75) is 6.42 Å². The lowest BCUT2D eigenvalue weighted by Gasteiger charge is -2.30. The molecule has 0 fully saturated rings. The third-order valence-corrected chi connectivity index (χ3v) is 7.06. The van der Waals surface area contributed by atoms with Crippen LogP contribution in [0.3, 0.4) is 0 Å². The van der Waals surface area contributed by atoms with E-state index in [0.717, 1.165) is 9.87 Å². The van der Waals surface area contributed by atoms with Crippen molar-refractivity contribution in [2.24, 2.45) is 0 Å². The first-order valence-electron chi connectivity index (χ1n) is 9.80. The number of rotatable bonds is 5. The van der Waals surface area contributed by atoms with E-state index in [4.69, 9.17) is 0 Å². The molecular weight excluding hydrogens is 415 g/mol. The highest BCUT2D eigenvalue weighted by Gasteiger charge is 2.39. The van der Waals surface area contributed by atoms with Crippen LogP contribution in [-0.2, 0) is 21.2 Å². The Labute approximate surface area is 180 Å². The molecule has 0 saturated carbocycles. The average Bonchev–Trinajstić information content (AvgIpc) is 2.78. The lowest BCUT2D eigenvalue weighted by Crippen LogP contribution is -2.40. The van der Waals surface area contributed by atoms with Gasteiger partial charge in [0.05, 0.1) is 5.69 Å². The standard InChI is InChI=1S/C24H21FN2O3S/c1-27-21-10-6-5-9-20(21)22(18-7-3-2-4-8-18)23(31(27,29)30)24(28)26-16-15-17-11-13-19(25)14-12-17/h2-14H,15-16H2,1H3,(H,26,28). The van der Waals surface area contributed by atoms with E-state index >= 15 is 0 Å². The smallest absolute Gasteiger partial charge is 0.270 e. The maximum absolute atomic E-state index is 13.3. The van der Waals surface area contributed by atoms with Crippen LogP contribution in [-0.4, -0.2) is 27.9 Å². The number of carbonyl (C=O) groups excluding carboxylic acids is 1. The molecule has 1 heterocycles. The van der Waals surface area contributed by atoms with Crippen LogP contribution >= 0.6 is 0 Å². The van der Waals surface area contributed by atoms with Crippen LogP contribution in [0.15, 0.2) is 83.8 Å². The van der Waals surface area contributed by atoms with Gasteiger partial charge in [0.2, 0.25) is 0 Å². The lowest BCUT2D eigenvalue weighted by atomic mass is 9.95. The van der Waals surface area contributed by atoms with Crippen LogP contribution in [0.5, 0.6) is 0 Å². The molecule has 0 unspecified atom stereocenters. The normalized spacial score (nSPS) is 14.8. The van der Waals surface area contributed by atoms with Gasteiger partial charge < -0.3 is 5.32 Å². The molecule has 0 saturated heterocycles. The van der Waals surface area contributed by atoms with E-state index in [0.29, 0.717) is 28.8 Å². The minimum Gasteiger partial charge on any atom is -0.351 e. The highest BCUT2D eigenvalue weighted by Crippen LogP contribution is 2.41. The number of anilines is 1. The van der Waals surface area contributed by atoms with Gasteiger partial charge in [0.25, 0.3) is 15.9 Å². The summed E-state index contributed by atoms with van der Waals surface area (Å²) in [7, 11) is -2.62. The molecule has 0 spiro atoms. The van der Waals surface area contributed by atoms with Crippen molar-refractivity contribution in [3.63, 3.8) is 0 Å². The summed E-state index contributed by atoms with van der Waals surface area (Å²) in [5, 5.41) is 2.73. The molecule has 31 heavy (non-hydrogen) atoms. The fourth-order valence-corrected chi connectivity index (χ4v) is 5.14. The fourth-order valence-electron chi connectivity index (χ4n) is 3.65. The third-order valence-electron chi connectivity index (χ3n) is 5.24. The molecule has 0 radical (unpaired) electrons. The molecule has 0 bridgehead atoms. The van der Waals surface area contributed by atoms with Crippen molar-refractivity contribution < 1.29 is 17.6 Å². The number of amides is 1. The predicted octanol–water partition coefficient (Wildman–Crippen LogP) is 3.72. The predicted molar refractivity (Wildman–Crippen MR) is 119 cm³/mol. The van der Waals surface area contributed by atoms with E-state index in [9.17, 15) is 17.6 Å². The van der Waals surface area contributed by atoms with E-state index < -0.39 is 15.9 Å². The number of para-hydroxylation sites is 1. The number of carbonyl (C=O) groups is 1. The second-order valence-electron chi connectivity index (χ2n) is 7.19. The van der Waals surface area contributed by atoms with Gasteiger partial charge in [0.1, 0.15) is 5.82 Å². The monoisotopic (exact) mass is 436 g/mol. The molecule has 1 N–H and O–H groups in total. The summed E-state index contributed by atoms with van der Waals surface area (Å²) in [6.07, 6.45) is 0.451. The summed E-state index contributed by atoms with van der Waals surface area (Å²) in [6, 6.07) is 22.1. The summed E-state index contributed by atoms with van der Waals surface area (Å²) in [6.45, 7) is 0.219. The van der Waals surface area contributed by atoms with Gasteiger partial charge in [-0.25, -0.2) is 12.8 Å². The Bertz CT molecular complexity index is 1250. The van der Waals surface area contributed by atoms with Gasteiger partial charge in [-0.05, 0) is 35.7 Å². The highest BCUT2D eigenvalue weighted by molar-refractivity contribution is 7.97. The Balaban J connectivity index is 1.74. The van der Waals surface area contributed by atoms with Crippen molar-refractivity contribution in [3.8, 4) is 0 Å². The Morgan fingerprint density at radius 3 is 2.29 bits per heavy atom. The van der Waals surface area contributed by atoms with Crippen molar-refractivity contribution in [1.82, 2.24) is 5.32 Å². The number of benzene rings is 3. The molecule has 0 aromatic heterocycles. The number of hydrogen-bond donors (Lipinski definition) is 1. The molecule has 1 aliphatic rings. The molecule has 7 heteroatoms. The summed E-state index contributed by atoms with van der Waals surface area (Å²) in [5.74, 6) is -0.997. The third kappa shape index (κ3) is 3.96. The van der Waals surface area contributed by atoms with Crippen LogP contribution in [0.2, 0.25) is 0 Å². The minimum atomic E-state index is -4.06. The first kappa shape index (κ1) is 20.8. The summed E-state index contributed by atoms with van der Waals surface area (Å²) in [4.78, 5) is 12.9. The van der Waals surface area contributed by atoms with E-state index in [1.54, 1.807) is 48.5 Å². The van der Waals surface area contributed by atoms with Gasteiger partial charge in [0.15, 0.2) is 4.91 Å². The molecule has 5 nitrogen and oxygen atoms in total. The van der Waals surface area contributed by atoms with E-state index in [1.165, 1.54) is 19.2 Å². The second kappa shape index (κ2) is 8.35. The van der Waals surface area contributed by atoms with E-state index in [-0.39, 0.29) is 17.3 Å². The molecule has 1 amide bonds. The SMILES string of the molecule is CN1c2ccccc2C(c2ccccc2)=C(C(=O)NCCc2ccc(F)cc2)S1(=O)=O. The molecule has 1 aliphatic heterocycles. The Morgan fingerprint density at radius 2 is 1.58 bits per heavy atom. The Kier molecular flexibility index (Phi) is 5.61. The first-order valence-corrected chi connectivity index (χ1v) is 11.2. The van der Waals surface area contributed by atoms with Crippen molar-refractivity contribution >= 4 is 27.2 Å². The summed E-state index contributed by atoms with van der Waals surface area (Å²) >= 11 is 0. The maximum atomic E-state index is 13.3. The zero-order chi connectivity index (χ0) is 22.0. The van der Waals surface area contributed by atoms with Crippen LogP contribution in [0, 0.1) is 5.82 Å². The maximum Gasteiger partial charge on any atom is 0.270 e. The van der Waals surface area contributed by atoms with Crippen LogP contribution in [0.4, 0.5) is 10.1 Å². The molecule has 158 valence electrons. The van der Waals surface area contributed by atoms with Gasteiger partial charge in [-0.15, -0.1) is 0 Å². The topological polar surface area (TPSA) is 66.5 Å². The Hall–Kier alpha value is -3.45. The minimum absolute atomic E-state index is 0.219. The molecule has 3 aromatic rings. The van der Waals surface area contributed by atoms with Crippen molar-refractivity contribution in [2.75, 3.05) is 17.9 Å². The molecule has 3 aromatic carbocycles. The van der Waals surface area contributed by atoms with Crippen molar-refractivity contribution in [3.05, 3.63) is 106 Å². The highest BCUT2D eigenvalue weighted by atomic mass is 32.2. The summed E-state index contributed by atoms with van der Waals surface area (Å²) in [5.41, 5.74) is 3.07. The van der Waals surface area contributed by atoms with E-state index in [2.05, 4.69) is 5.32 Å². The Morgan fingerprint density at radius 1 is 0.935 bits per heavy atom. The second-order valence-corrected chi connectivity index (χ2v) is 9.10. The van der Waals surface area contributed by atoms with Gasteiger partial charge in [-0.2, -0.15) is 0 Å². The van der Waals surface area contributed by atoms with Gasteiger partial charge in [-0.1, -0.05) is 60.7 Å². The number of nitrogens with one attached hydrogen (secondary N) is 1. The average molecular weight is 437 g/mol. The largest absolute Gasteiger partial charge is 0.351 e. The molecule has 0 atom stereocenters. The first-order chi connectivity index (χ1) is 14.9. The van der Waals surface area contributed by atoms with Crippen LogP contribution in [0.25, 0.3) is 5.57 Å². The zero-order valence-electron chi connectivity index (χ0n) is 16.9. The van der Waals surface area contributed by atoms with Crippen LogP contribution < -0.4 is 9.62 Å². The zero-order valence-corrected chi connectivity index (χ0v) is 17.7. The molecule has 4 rings (SSSR count). The molecule has 0 aliphatic carbocycles. The number of sulfonamides is 1. The molecular formula is C24H21FN2O3S. The number of halogens is 1. The fraction of sp³-hybridized carbons (Fsp3) is 0.125. The van der Waals surface area contributed by atoms with E-state index in [1.807, 2.05) is 18.2 Å². The summed E-state index contributed by atoms with van der Waals surface area (Å²) < 4.78 is 40.9. The van der Waals surface area contributed by atoms with Crippen molar-refractivity contribution in [1.29, 1.82) is 0 Å². The number of fused-ring (bicyclic) bond motifs is 1.